The summed E-state index contributed by atoms with van der Waals surface area (Å²) < 4.78 is 48.4. The van der Waals surface area contributed by atoms with E-state index in [9.17, 15) is 18.3 Å². The first-order valence-corrected chi connectivity index (χ1v) is 10.6. The molecule has 0 aromatic heterocycles. The van der Waals surface area contributed by atoms with E-state index >= 15 is 0 Å². The molecule has 6 nitrogen and oxygen atoms in total. The van der Waals surface area contributed by atoms with Crippen LogP contribution in [0, 0.1) is 23.4 Å². The van der Waals surface area contributed by atoms with Crippen molar-refractivity contribution >= 4 is 5.96 Å². The van der Waals surface area contributed by atoms with Gasteiger partial charge in [0.1, 0.15) is 17.7 Å². The molecule has 0 saturated heterocycles. The summed E-state index contributed by atoms with van der Waals surface area (Å²) in [6.07, 6.45) is 2.38. The zero-order valence-corrected chi connectivity index (χ0v) is 18.6. The van der Waals surface area contributed by atoms with E-state index in [0.29, 0.717) is 23.8 Å². The zero-order chi connectivity index (χ0) is 23.9. The number of fused-ring (bicyclic) bond motifs is 2. The minimum absolute atomic E-state index is 0.0241. The lowest BCUT2D eigenvalue weighted by atomic mass is 9.84. The summed E-state index contributed by atoms with van der Waals surface area (Å²) >= 11 is 0. The molecule has 2 aromatic carbocycles. The van der Waals surface area contributed by atoms with Crippen molar-refractivity contribution in [2.45, 2.75) is 38.5 Å². The summed E-state index contributed by atoms with van der Waals surface area (Å²) in [5.41, 5.74) is 6.31. The Kier molecular flexibility index (Phi) is 6.11. The number of hydrogen-bond donors (Lipinski definition) is 2. The summed E-state index contributed by atoms with van der Waals surface area (Å²) in [5, 5.41) is 10.9. The molecule has 9 heteroatoms. The maximum atomic E-state index is 14.5. The quantitative estimate of drug-likeness (QED) is 0.515. The van der Waals surface area contributed by atoms with Gasteiger partial charge < -0.3 is 15.6 Å². The molecule has 2 aromatic rings. The van der Waals surface area contributed by atoms with Gasteiger partial charge in [-0.3, -0.25) is 0 Å². The second kappa shape index (κ2) is 8.72. The maximum Gasteiger partial charge on any atom is 0.221 e. The van der Waals surface area contributed by atoms with Crippen LogP contribution in [0.2, 0.25) is 0 Å². The average molecular weight is 461 g/mol. The minimum Gasteiger partial charge on any atom is -0.489 e. The number of hydrogen-bond acceptors (Lipinski definition) is 6. The van der Waals surface area contributed by atoms with E-state index in [4.69, 9.17) is 15.3 Å². The second-order valence-electron chi connectivity index (χ2n) is 8.58. The van der Waals surface area contributed by atoms with Gasteiger partial charge >= 0.3 is 0 Å². The smallest absolute Gasteiger partial charge is 0.221 e. The molecule has 176 valence electrons. The number of aliphatic hydroxyl groups is 1. The number of ether oxygens (including phenoxy) is 1. The fourth-order valence-corrected chi connectivity index (χ4v) is 4.39. The van der Waals surface area contributed by atoms with Crippen LogP contribution in [0.3, 0.4) is 0 Å². The summed E-state index contributed by atoms with van der Waals surface area (Å²) in [5.74, 6) is -2.86. The van der Waals surface area contributed by atoms with E-state index in [-0.39, 0.29) is 36.0 Å². The highest BCUT2D eigenvalue weighted by Crippen LogP contribution is 2.49. The second-order valence-corrected chi connectivity index (χ2v) is 8.58. The molecule has 4 rings (SSSR count). The van der Waals surface area contributed by atoms with Crippen LogP contribution in [0.5, 0.6) is 5.75 Å². The third-order valence-electron chi connectivity index (χ3n) is 5.85. The Morgan fingerprint density at radius 2 is 2.06 bits per heavy atom. The number of hydroxylamine groups is 2. The number of halogens is 3. The summed E-state index contributed by atoms with van der Waals surface area (Å²) in [6.45, 7) is 3.90. The van der Waals surface area contributed by atoms with E-state index in [0.717, 1.165) is 11.6 Å². The SMILES string of the molecule is CC(C)=C[C@H](CCO)[C@@H]1C[C@@]2(N=C(N)N(C)O2)c2cc(-c3cc(F)cc(F)c3F)ccc2O1. The molecule has 2 aliphatic heterocycles. The highest BCUT2D eigenvalue weighted by Gasteiger charge is 2.50. The molecule has 3 atom stereocenters. The number of rotatable bonds is 5. The first kappa shape index (κ1) is 23.1. The van der Waals surface area contributed by atoms with Crippen molar-refractivity contribution in [1.82, 2.24) is 5.06 Å². The maximum absolute atomic E-state index is 14.5. The number of allylic oxidation sites excluding steroid dienone is 1. The Balaban J connectivity index is 1.84. The summed E-state index contributed by atoms with van der Waals surface area (Å²) in [6, 6.07) is 6.12. The van der Waals surface area contributed by atoms with Crippen molar-refractivity contribution in [3.05, 3.63) is 65.0 Å². The van der Waals surface area contributed by atoms with E-state index in [1.807, 2.05) is 19.9 Å². The van der Waals surface area contributed by atoms with E-state index < -0.39 is 29.3 Å². The molecule has 0 radical (unpaired) electrons. The van der Waals surface area contributed by atoms with Gasteiger partial charge in [0.25, 0.3) is 0 Å². The van der Waals surface area contributed by atoms with Crippen LogP contribution in [0.4, 0.5) is 13.2 Å². The molecule has 0 amide bonds. The van der Waals surface area contributed by atoms with Gasteiger partial charge in [0.2, 0.25) is 11.7 Å². The third-order valence-corrected chi connectivity index (χ3v) is 5.85. The summed E-state index contributed by atoms with van der Waals surface area (Å²) in [7, 11) is 1.62. The number of guanidine groups is 1. The molecule has 2 aliphatic rings. The monoisotopic (exact) mass is 461 g/mol. The van der Waals surface area contributed by atoms with Crippen molar-refractivity contribution in [2.24, 2.45) is 16.6 Å². The number of nitrogens with two attached hydrogens (primary N) is 1. The average Bonchev–Trinajstić information content (AvgIpc) is 3.03. The van der Waals surface area contributed by atoms with Crippen LogP contribution in [0.15, 0.2) is 47.0 Å². The molecule has 0 unspecified atom stereocenters. The van der Waals surface area contributed by atoms with Crippen LogP contribution in [-0.2, 0) is 10.6 Å². The number of aliphatic hydroxyl groups excluding tert-OH is 1. The molecule has 0 aliphatic carbocycles. The standard InChI is InChI=1S/C24H26F3N3O3/c1-13(2)8-15(6-7-31)21-12-24(29-23(28)30(3)33-24)18-9-14(4-5-20(18)32-21)17-10-16(25)11-19(26)22(17)27/h4-5,8-11,15,21,31H,6-7,12H2,1-3H3,(H2,28,29)/t15-,21-,24-/m0/s1. The topological polar surface area (TPSA) is 80.3 Å². The van der Waals surface area contributed by atoms with Gasteiger partial charge in [-0.25, -0.2) is 28.1 Å². The lowest BCUT2D eigenvalue weighted by Crippen LogP contribution is -2.42. The molecule has 0 fully saturated rings. The van der Waals surface area contributed by atoms with Crippen molar-refractivity contribution in [3.63, 3.8) is 0 Å². The molecular weight excluding hydrogens is 435 g/mol. The normalized spacial score (nSPS) is 22.6. The lowest BCUT2D eigenvalue weighted by molar-refractivity contribution is -0.193. The highest BCUT2D eigenvalue weighted by molar-refractivity contribution is 5.79. The van der Waals surface area contributed by atoms with Crippen LogP contribution in [0.25, 0.3) is 11.1 Å². The molecule has 0 saturated carbocycles. The Morgan fingerprint density at radius 3 is 2.70 bits per heavy atom. The highest BCUT2D eigenvalue weighted by atomic mass is 19.2. The number of aliphatic imine (C=N–C) groups is 1. The van der Waals surface area contributed by atoms with Gasteiger partial charge in [-0.15, -0.1) is 0 Å². The number of benzene rings is 2. The van der Waals surface area contributed by atoms with Crippen molar-refractivity contribution in [3.8, 4) is 16.9 Å². The predicted molar refractivity (Wildman–Crippen MR) is 118 cm³/mol. The lowest BCUT2D eigenvalue weighted by Gasteiger charge is -2.39. The van der Waals surface area contributed by atoms with Crippen LogP contribution >= 0.6 is 0 Å². The molecule has 3 N–H and O–H groups in total. The first-order valence-electron chi connectivity index (χ1n) is 10.6. The Labute approximate surface area is 190 Å². The predicted octanol–water partition coefficient (Wildman–Crippen LogP) is 4.23. The van der Waals surface area contributed by atoms with Gasteiger partial charge in [-0.05, 0) is 44.0 Å². The Hall–Kier alpha value is -3.04. The fraction of sp³-hybridized carbons (Fsp3) is 0.375. The summed E-state index contributed by atoms with van der Waals surface area (Å²) in [4.78, 5) is 10.6. The third kappa shape index (κ3) is 4.30. The van der Waals surface area contributed by atoms with Gasteiger partial charge in [0.15, 0.2) is 11.6 Å². The van der Waals surface area contributed by atoms with Gasteiger partial charge in [0.05, 0.1) is 5.56 Å². The largest absolute Gasteiger partial charge is 0.489 e. The number of nitrogens with zero attached hydrogens (tertiary/aromatic N) is 2. The molecular formula is C24H26F3N3O3. The Bertz CT molecular complexity index is 1130. The van der Waals surface area contributed by atoms with E-state index in [1.54, 1.807) is 19.2 Å². The van der Waals surface area contributed by atoms with Crippen LogP contribution < -0.4 is 10.5 Å². The van der Waals surface area contributed by atoms with Crippen molar-refractivity contribution in [2.75, 3.05) is 13.7 Å². The Morgan fingerprint density at radius 1 is 1.30 bits per heavy atom. The van der Waals surface area contributed by atoms with E-state index in [2.05, 4.69) is 4.99 Å². The van der Waals surface area contributed by atoms with E-state index in [1.165, 1.54) is 11.1 Å². The molecule has 1 spiro atoms. The first-order chi connectivity index (χ1) is 15.6. The van der Waals surface area contributed by atoms with Crippen LogP contribution in [-0.4, -0.2) is 35.9 Å². The van der Waals surface area contributed by atoms with Crippen molar-refractivity contribution in [1.29, 1.82) is 0 Å². The van der Waals surface area contributed by atoms with Crippen molar-refractivity contribution < 1.29 is 27.9 Å². The molecule has 33 heavy (non-hydrogen) atoms. The fourth-order valence-electron chi connectivity index (χ4n) is 4.39. The minimum atomic E-state index is -1.28. The van der Waals surface area contributed by atoms with Crippen LogP contribution in [0.1, 0.15) is 32.3 Å². The van der Waals surface area contributed by atoms with Gasteiger partial charge in [-0.2, -0.15) is 0 Å². The zero-order valence-electron chi connectivity index (χ0n) is 18.6. The van der Waals surface area contributed by atoms with Gasteiger partial charge in [0, 0.05) is 37.6 Å². The van der Waals surface area contributed by atoms with Gasteiger partial charge in [-0.1, -0.05) is 17.7 Å². The molecule has 2 heterocycles. The molecule has 0 bridgehead atoms.